The second kappa shape index (κ2) is 3.94. The number of benzene rings is 1. The second-order valence-electron chi connectivity index (χ2n) is 3.65. The summed E-state index contributed by atoms with van der Waals surface area (Å²) in [7, 11) is 0. The fourth-order valence-electron chi connectivity index (χ4n) is 1.79. The SMILES string of the molecule is O=[N+]([O-])c1ccc2c(c1)CN[C@H](CF)C2. The summed E-state index contributed by atoms with van der Waals surface area (Å²) in [5.74, 6) is 0. The van der Waals surface area contributed by atoms with Crippen molar-refractivity contribution in [3.63, 3.8) is 0 Å². The number of nitrogens with zero attached hydrogens (tertiary/aromatic N) is 1. The highest BCUT2D eigenvalue weighted by Crippen LogP contribution is 2.22. The Morgan fingerprint density at radius 3 is 3.00 bits per heavy atom. The molecule has 0 fully saturated rings. The molecule has 0 aliphatic carbocycles. The van der Waals surface area contributed by atoms with Crippen LogP contribution in [-0.2, 0) is 13.0 Å². The minimum Gasteiger partial charge on any atom is -0.307 e. The minimum atomic E-state index is -0.415. The molecule has 0 aromatic heterocycles. The molecule has 2 rings (SSSR count). The number of halogens is 1. The van der Waals surface area contributed by atoms with E-state index in [1.807, 2.05) is 0 Å². The summed E-state index contributed by atoms with van der Waals surface area (Å²) in [6.07, 6.45) is 0.601. The monoisotopic (exact) mass is 210 g/mol. The van der Waals surface area contributed by atoms with Gasteiger partial charge in [-0.15, -0.1) is 0 Å². The van der Waals surface area contributed by atoms with Gasteiger partial charge in [-0.2, -0.15) is 0 Å². The van der Waals surface area contributed by atoms with Crippen molar-refractivity contribution in [1.29, 1.82) is 0 Å². The topological polar surface area (TPSA) is 55.2 Å². The first-order valence-corrected chi connectivity index (χ1v) is 4.76. The first kappa shape index (κ1) is 10.0. The number of hydrogen-bond donors (Lipinski definition) is 1. The Kier molecular flexibility index (Phi) is 2.64. The maximum Gasteiger partial charge on any atom is 0.269 e. The van der Waals surface area contributed by atoms with E-state index in [1.165, 1.54) is 6.07 Å². The standard InChI is InChI=1S/C10H11FN2O2/c11-5-9-3-7-1-2-10(13(14)15)4-8(7)6-12-9/h1-2,4,9,12H,3,5-6H2/t9-/m0/s1. The highest BCUT2D eigenvalue weighted by Gasteiger charge is 2.19. The molecule has 1 aromatic carbocycles. The van der Waals surface area contributed by atoms with Crippen LogP contribution in [0.15, 0.2) is 18.2 Å². The lowest BCUT2D eigenvalue weighted by atomic mass is 9.96. The van der Waals surface area contributed by atoms with Gasteiger partial charge in [0.05, 0.1) is 4.92 Å². The Labute approximate surface area is 86.3 Å². The van der Waals surface area contributed by atoms with Crippen molar-refractivity contribution in [3.05, 3.63) is 39.4 Å². The molecule has 80 valence electrons. The molecular formula is C10H11FN2O2. The predicted octanol–water partition coefficient (Wildman–Crippen LogP) is 1.58. The number of nitrogens with one attached hydrogen (secondary N) is 1. The lowest BCUT2D eigenvalue weighted by molar-refractivity contribution is -0.384. The number of nitro benzene ring substituents is 1. The third-order valence-corrected chi connectivity index (χ3v) is 2.63. The first-order chi connectivity index (χ1) is 7.20. The van der Waals surface area contributed by atoms with Crippen molar-refractivity contribution in [2.75, 3.05) is 6.67 Å². The summed E-state index contributed by atoms with van der Waals surface area (Å²) in [6, 6.07) is 4.59. The highest BCUT2D eigenvalue weighted by molar-refractivity contribution is 5.41. The smallest absolute Gasteiger partial charge is 0.269 e. The lowest BCUT2D eigenvalue weighted by Gasteiger charge is -2.23. The number of fused-ring (bicyclic) bond motifs is 1. The summed E-state index contributed by atoms with van der Waals surface area (Å²) >= 11 is 0. The summed E-state index contributed by atoms with van der Waals surface area (Å²) in [6.45, 7) is 0.0992. The summed E-state index contributed by atoms with van der Waals surface area (Å²) in [4.78, 5) is 10.1. The largest absolute Gasteiger partial charge is 0.307 e. The maximum absolute atomic E-state index is 12.4. The van der Waals surface area contributed by atoms with Crippen molar-refractivity contribution in [1.82, 2.24) is 5.32 Å². The van der Waals surface area contributed by atoms with E-state index in [4.69, 9.17) is 0 Å². The molecule has 1 N–H and O–H groups in total. The van der Waals surface area contributed by atoms with E-state index in [-0.39, 0.29) is 11.7 Å². The molecule has 1 aliphatic rings. The quantitative estimate of drug-likeness (QED) is 0.595. The maximum atomic E-state index is 12.4. The van der Waals surface area contributed by atoms with Crippen LogP contribution in [0.5, 0.6) is 0 Å². The van der Waals surface area contributed by atoms with E-state index in [0.29, 0.717) is 13.0 Å². The number of rotatable bonds is 2. The van der Waals surface area contributed by atoms with Crippen LogP contribution in [0.3, 0.4) is 0 Å². The van der Waals surface area contributed by atoms with Crippen LogP contribution in [-0.4, -0.2) is 17.6 Å². The van der Waals surface area contributed by atoms with Gasteiger partial charge in [-0.1, -0.05) is 6.07 Å². The second-order valence-corrected chi connectivity index (χ2v) is 3.65. The first-order valence-electron chi connectivity index (χ1n) is 4.76. The molecule has 0 amide bonds. The summed E-state index contributed by atoms with van der Waals surface area (Å²) < 4.78 is 12.4. The van der Waals surface area contributed by atoms with Gasteiger partial charge in [0.1, 0.15) is 6.67 Å². The fourth-order valence-corrected chi connectivity index (χ4v) is 1.79. The van der Waals surface area contributed by atoms with Crippen LogP contribution < -0.4 is 5.32 Å². The Balaban J connectivity index is 2.28. The van der Waals surface area contributed by atoms with Crippen LogP contribution in [0.4, 0.5) is 10.1 Å². The third kappa shape index (κ3) is 1.97. The van der Waals surface area contributed by atoms with Crippen LogP contribution >= 0.6 is 0 Å². The molecule has 1 atom stereocenters. The molecule has 4 nitrogen and oxygen atoms in total. The Morgan fingerprint density at radius 1 is 1.53 bits per heavy atom. The van der Waals surface area contributed by atoms with Gasteiger partial charge in [0.2, 0.25) is 0 Å². The van der Waals surface area contributed by atoms with Crippen molar-refractivity contribution in [3.8, 4) is 0 Å². The van der Waals surface area contributed by atoms with Crippen LogP contribution in [0, 0.1) is 10.1 Å². The van der Waals surface area contributed by atoms with Gasteiger partial charge in [-0.05, 0) is 17.5 Å². The molecule has 1 aliphatic heterocycles. The highest BCUT2D eigenvalue weighted by atomic mass is 19.1. The number of hydrogen-bond acceptors (Lipinski definition) is 3. The van der Waals surface area contributed by atoms with Crippen molar-refractivity contribution in [2.45, 2.75) is 19.0 Å². The van der Waals surface area contributed by atoms with Crippen LogP contribution in [0.2, 0.25) is 0 Å². The van der Waals surface area contributed by atoms with E-state index < -0.39 is 11.6 Å². The van der Waals surface area contributed by atoms with Gasteiger partial charge in [0, 0.05) is 24.7 Å². The minimum absolute atomic E-state index is 0.0919. The van der Waals surface area contributed by atoms with Crippen LogP contribution in [0.1, 0.15) is 11.1 Å². The lowest BCUT2D eigenvalue weighted by Crippen LogP contribution is -2.37. The molecule has 0 bridgehead atoms. The van der Waals surface area contributed by atoms with Gasteiger partial charge in [-0.25, -0.2) is 4.39 Å². The Hall–Kier alpha value is -1.49. The molecule has 15 heavy (non-hydrogen) atoms. The molecule has 1 aromatic rings. The average molecular weight is 210 g/mol. The zero-order chi connectivity index (χ0) is 10.8. The van der Waals surface area contributed by atoms with Gasteiger partial charge < -0.3 is 5.32 Å². The van der Waals surface area contributed by atoms with Gasteiger partial charge in [-0.3, -0.25) is 10.1 Å². The fraction of sp³-hybridized carbons (Fsp3) is 0.400. The number of nitro groups is 1. The van der Waals surface area contributed by atoms with Crippen molar-refractivity contribution in [2.24, 2.45) is 0 Å². The van der Waals surface area contributed by atoms with Crippen molar-refractivity contribution >= 4 is 5.69 Å². The van der Waals surface area contributed by atoms with Crippen molar-refractivity contribution < 1.29 is 9.31 Å². The third-order valence-electron chi connectivity index (χ3n) is 2.63. The molecule has 0 saturated carbocycles. The molecule has 5 heteroatoms. The zero-order valence-corrected chi connectivity index (χ0v) is 8.07. The summed E-state index contributed by atoms with van der Waals surface area (Å²) in [5.41, 5.74) is 1.99. The average Bonchev–Trinajstić information content (AvgIpc) is 2.27. The molecule has 1 heterocycles. The Bertz CT molecular complexity index is 395. The predicted molar refractivity (Wildman–Crippen MR) is 53.4 cm³/mol. The van der Waals surface area contributed by atoms with E-state index in [2.05, 4.69) is 5.32 Å². The van der Waals surface area contributed by atoms with Crippen LogP contribution in [0.25, 0.3) is 0 Å². The van der Waals surface area contributed by atoms with E-state index in [0.717, 1.165) is 11.1 Å². The zero-order valence-electron chi connectivity index (χ0n) is 8.07. The normalized spacial score (nSPS) is 19.7. The molecule has 0 unspecified atom stereocenters. The summed E-state index contributed by atoms with van der Waals surface area (Å²) in [5, 5.41) is 13.5. The number of alkyl halides is 1. The molecule has 0 radical (unpaired) electrons. The van der Waals surface area contributed by atoms with E-state index >= 15 is 0 Å². The molecule has 0 saturated heterocycles. The van der Waals surface area contributed by atoms with Gasteiger partial charge in [0.25, 0.3) is 5.69 Å². The Morgan fingerprint density at radius 2 is 2.33 bits per heavy atom. The van der Waals surface area contributed by atoms with Gasteiger partial charge in [0.15, 0.2) is 0 Å². The number of non-ortho nitro benzene ring substituents is 1. The van der Waals surface area contributed by atoms with E-state index in [9.17, 15) is 14.5 Å². The van der Waals surface area contributed by atoms with Gasteiger partial charge >= 0.3 is 0 Å². The van der Waals surface area contributed by atoms with E-state index in [1.54, 1.807) is 12.1 Å². The molecular weight excluding hydrogens is 199 g/mol. The molecule has 0 spiro atoms.